The molecule has 182 valence electrons. The van der Waals surface area contributed by atoms with Crippen LogP contribution in [-0.4, -0.2) is 25.5 Å². The number of benzene rings is 2. The molecule has 0 unspecified atom stereocenters. The Morgan fingerprint density at radius 3 is 2.68 bits per heavy atom. The van der Waals surface area contributed by atoms with Crippen LogP contribution in [0.1, 0.15) is 60.8 Å². The van der Waals surface area contributed by atoms with E-state index in [9.17, 15) is 0 Å². The van der Waals surface area contributed by atoms with E-state index in [4.69, 9.17) is 12.5 Å². The number of aryl methyl sites for hydroxylation is 2. The van der Waals surface area contributed by atoms with Crippen LogP contribution in [0.2, 0.25) is 0 Å². The van der Waals surface area contributed by atoms with Gasteiger partial charge >= 0.3 is 0 Å². The quantitative estimate of drug-likeness (QED) is 0.424. The van der Waals surface area contributed by atoms with E-state index in [1.807, 2.05) is 23.0 Å². The molecule has 4 aliphatic rings. The summed E-state index contributed by atoms with van der Waals surface area (Å²) in [4.78, 5) is 0. The monoisotopic (exact) mass is 573 g/mol. The molecule has 34 heavy (non-hydrogen) atoms. The average molecular weight is 574 g/mol. The van der Waals surface area contributed by atoms with Crippen molar-refractivity contribution >= 4 is 23.0 Å². The molecule has 1 aliphatic heterocycles. The minimum atomic E-state index is -0.392. The molecule has 0 aromatic heterocycles. The molecule has 2 aromatic rings. The molecule has 3 aliphatic carbocycles. The summed E-state index contributed by atoms with van der Waals surface area (Å²) < 4.78 is 18.6. The van der Waals surface area contributed by atoms with E-state index in [0.717, 1.165) is 44.9 Å². The van der Waals surface area contributed by atoms with E-state index >= 15 is 0 Å². The van der Waals surface area contributed by atoms with Gasteiger partial charge in [-0.2, -0.15) is 0 Å². The average Bonchev–Trinajstić information content (AvgIpc) is 3.42. The molecule has 6 rings (SSSR count). The summed E-state index contributed by atoms with van der Waals surface area (Å²) in [5.74, 6) is 3.14. The number of ether oxygens (including phenoxy) is 2. The smallest absolute Gasteiger partial charge is 0.192 e. The van der Waals surface area contributed by atoms with Crippen molar-refractivity contribution in [1.29, 1.82) is 0 Å². The fourth-order valence-electron chi connectivity index (χ4n) is 8.16. The summed E-state index contributed by atoms with van der Waals surface area (Å²) >= 11 is 2.02. The second-order valence-corrected chi connectivity index (χ2v) is 11.7. The lowest BCUT2D eigenvalue weighted by Gasteiger charge is -2.53. The zero-order valence-corrected chi connectivity index (χ0v) is 22.5. The van der Waals surface area contributed by atoms with Crippen LogP contribution in [0.15, 0.2) is 42.5 Å². The second kappa shape index (κ2) is 9.06. The topological polar surface area (TPSA) is 39.7 Å². The summed E-state index contributed by atoms with van der Waals surface area (Å²) in [6.07, 6.45) is 5.83. The number of hydrogen-bond donors (Lipinski definition) is 1. The van der Waals surface area contributed by atoms with Crippen molar-refractivity contribution in [3.8, 4) is 5.75 Å². The Morgan fingerprint density at radius 1 is 1.12 bits per heavy atom. The SMILES string of the molecule is Cc1cc2c(cc1OI)CC[C@H]1[C@@H]3[C@@H](CNCc4ccccc4)CC4(OCCO4)[C@@]3(C)CC[C@H]21. The standard InChI is InChI=1S/C29H36INO3/c1-19-14-25-21(15-26(19)34-30)8-9-24-23(25)10-11-28(2)27(24)22(16-29(28)32-12-13-33-29)18-31-17-20-6-4-3-5-7-20/h3-7,14-15,22-24,27,31H,8-13,16-18H2,1-2H3/t22-,23+,24-,27+,28+/m1/s1. The van der Waals surface area contributed by atoms with Gasteiger partial charge < -0.3 is 17.9 Å². The van der Waals surface area contributed by atoms with Crippen molar-refractivity contribution in [2.24, 2.45) is 23.2 Å². The van der Waals surface area contributed by atoms with E-state index in [1.54, 1.807) is 5.56 Å². The summed E-state index contributed by atoms with van der Waals surface area (Å²) in [7, 11) is 0. The van der Waals surface area contributed by atoms with Gasteiger partial charge in [0, 0.05) is 18.4 Å². The van der Waals surface area contributed by atoms with Crippen LogP contribution >= 0.6 is 23.0 Å². The van der Waals surface area contributed by atoms with E-state index in [2.05, 4.69) is 61.6 Å². The molecule has 1 heterocycles. The Hall–Kier alpha value is -1.15. The Kier molecular flexibility index (Phi) is 6.20. The predicted molar refractivity (Wildman–Crippen MR) is 142 cm³/mol. The van der Waals surface area contributed by atoms with Crippen LogP contribution in [0.5, 0.6) is 5.75 Å². The highest BCUT2D eigenvalue weighted by atomic mass is 127. The molecule has 5 atom stereocenters. The normalized spacial score (nSPS) is 33.4. The molecule has 0 radical (unpaired) electrons. The maximum atomic E-state index is 6.50. The second-order valence-electron chi connectivity index (χ2n) is 11.2. The fourth-order valence-corrected chi connectivity index (χ4v) is 8.64. The van der Waals surface area contributed by atoms with Gasteiger partial charge in [0.1, 0.15) is 5.75 Å². The van der Waals surface area contributed by atoms with E-state index < -0.39 is 5.79 Å². The van der Waals surface area contributed by atoms with Crippen molar-refractivity contribution < 1.29 is 12.5 Å². The highest BCUT2D eigenvalue weighted by Gasteiger charge is 2.68. The van der Waals surface area contributed by atoms with Crippen LogP contribution < -0.4 is 8.38 Å². The molecule has 0 bridgehead atoms. The lowest BCUT2D eigenvalue weighted by Crippen LogP contribution is -2.52. The minimum absolute atomic E-state index is 0.0849. The summed E-state index contributed by atoms with van der Waals surface area (Å²) in [5, 5.41) is 3.81. The number of halogens is 1. The first-order valence-corrected chi connectivity index (χ1v) is 13.9. The molecule has 3 fully saturated rings. The Bertz CT molecular complexity index is 1040. The van der Waals surface area contributed by atoms with Gasteiger partial charge in [0.05, 0.1) is 13.2 Å². The van der Waals surface area contributed by atoms with Crippen molar-refractivity contribution in [2.75, 3.05) is 19.8 Å². The molecule has 1 saturated heterocycles. The predicted octanol–water partition coefficient (Wildman–Crippen LogP) is 6.34. The Morgan fingerprint density at radius 2 is 1.91 bits per heavy atom. The molecule has 2 saturated carbocycles. The van der Waals surface area contributed by atoms with Gasteiger partial charge in [-0.1, -0.05) is 43.3 Å². The van der Waals surface area contributed by atoms with Crippen molar-refractivity contribution in [3.63, 3.8) is 0 Å². The van der Waals surface area contributed by atoms with Crippen LogP contribution in [0.3, 0.4) is 0 Å². The molecule has 4 nitrogen and oxygen atoms in total. The number of fused-ring (bicyclic) bond motifs is 6. The number of hydrogen-bond acceptors (Lipinski definition) is 4. The summed E-state index contributed by atoms with van der Waals surface area (Å²) in [5.41, 5.74) is 5.78. The Labute approximate surface area is 217 Å². The van der Waals surface area contributed by atoms with Gasteiger partial charge in [-0.05, 0) is 91.1 Å². The Balaban J connectivity index is 1.30. The number of nitrogens with one attached hydrogen (secondary N) is 1. The lowest BCUT2D eigenvalue weighted by molar-refractivity contribution is -0.237. The van der Waals surface area contributed by atoms with Gasteiger partial charge in [0.15, 0.2) is 28.8 Å². The highest BCUT2D eigenvalue weighted by molar-refractivity contribution is 14.1. The van der Waals surface area contributed by atoms with Crippen LogP contribution in [-0.2, 0) is 22.4 Å². The van der Waals surface area contributed by atoms with Gasteiger partial charge in [-0.15, -0.1) is 0 Å². The first-order valence-electron chi connectivity index (χ1n) is 13.0. The van der Waals surface area contributed by atoms with Gasteiger partial charge in [0.2, 0.25) is 0 Å². The summed E-state index contributed by atoms with van der Waals surface area (Å²) in [6, 6.07) is 15.5. The minimum Gasteiger partial charge on any atom is -0.427 e. The third kappa shape index (κ3) is 3.64. The maximum Gasteiger partial charge on any atom is 0.192 e. The fraction of sp³-hybridized carbons (Fsp3) is 0.586. The third-order valence-electron chi connectivity index (χ3n) is 9.60. The zero-order valence-electron chi connectivity index (χ0n) is 20.3. The van der Waals surface area contributed by atoms with E-state index in [-0.39, 0.29) is 5.41 Å². The van der Waals surface area contributed by atoms with Gasteiger partial charge in [0.25, 0.3) is 0 Å². The maximum absolute atomic E-state index is 6.50. The van der Waals surface area contributed by atoms with Crippen molar-refractivity contribution in [2.45, 2.75) is 64.2 Å². The van der Waals surface area contributed by atoms with E-state index in [0.29, 0.717) is 23.7 Å². The van der Waals surface area contributed by atoms with Gasteiger partial charge in [-0.25, -0.2) is 0 Å². The molecule has 1 N–H and O–H groups in total. The van der Waals surface area contributed by atoms with Crippen molar-refractivity contribution in [1.82, 2.24) is 5.32 Å². The molecule has 0 amide bonds. The first kappa shape index (κ1) is 23.3. The van der Waals surface area contributed by atoms with Crippen molar-refractivity contribution in [3.05, 3.63) is 64.7 Å². The molecular weight excluding hydrogens is 537 g/mol. The highest BCUT2D eigenvalue weighted by Crippen LogP contribution is 2.68. The molecule has 5 heteroatoms. The largest absolute Gasteiger partial charge is 0.427 e. The van der Waals surface area contributed by atoms with Crippen LogP contribution in [0.25, 0.3) is 0 Å². The summed E-state index contributed by atoms with van der Waals surface area (Å²) in [6.45, 7) is 8.10. The number of rotatable bonds is 5. The van der Waals surface area contributed by atoms with Crippen LogP contribution in [0, 0.1) is 30.1 Å². The zero-order chi connectivity index (χ0) is 23.3. The molecular formula is C29H36INO3. The van der Waals surface area contributed by atoms with E-state index in [1.165, 1.54) is 36.0 Å². The molecule has 2 aromatic carbocycles. The van der Waals surface area contributed by atoms with Gasteiger partial charge in [-0.3, -0.25) is 0 Å². The first-order chi connectivity index (χ1) is 16.5. The lowest BCUT2D eigenvalue weighted by atomic mass is 9.53. The third-order valence-corrected chi connectivity index (χ3v) is 10.1. The van der Waals surface area contributed by atoms with Crippen LogP contribution in [0.4, 0.5) is 0 Å². The molecule has 1 spiro atoms.